The molecule has 2 unspecified atom stereocenters. The van der Waals surface area contributed by atoms with Gasteiger partial charge in [0.25, 0.3) is 5.56 Å². The molecule has 0 amide bonds. The first-order valence-corrected chi connectivity index (χ1v) is 8.47. The summed E-state index contributed by atoms with van der Waals surface area (Å²) in [6, 6.07) is 4.68. The van der Waals surface area contributed by atoms with Crippen LogP contribution >= 0.6 is 22.6 Å². The lowest BCUT2D eigenvalue weighted by molar-refractivity contribution is -0.127. The number of nitrogens with zero attached hydrogens (tertiary/aromatic N) is 2. The maximum Gasteiger partial charge on any atom is 0.270 e. The molecule has 3 heterocycles. The Hall–Kier alpha value is -1.81. The number of ether oxygens (including phenoxy) is 1. The number of carbonyl (C=O) groups is 1. The third kappa shape index (κ3) is 2.27. The molecule has 1 N–H and O–H groups in total. The lowest BCUT2D eigenvalue weighted by Crippen LogP contribution is -2.43. The molecular formula is C16H13FIN3O3. The van der Waals surface area contributed by atoms with Crippen molar-refractivity contribution in [1.29, 1.82) is 0 Å². The summed E-state index contributed by atoms with van der Waals surface area (Å²) in [5.41, 5.74) is 1.51. The highest BCUT2D eigenvalue weighted by Gasteiger charge is 2.43. The molecule has 1 aromatic carbocycles. The molecule has 24 heavy (non-hydrogen) atoms. The van der Waals surface area contributed by atoms with Gasteiger partial charge in [-0.05, 0) is 40.3 Å². The van der Waals surface area contributed by atoms with Crippen molar-refractivity contribution in [1.82, 2.24) is 9.78 Å². The Morgan fingerprint density at radius 2 is 2.12 bits per heavy atom. The highest BCUT2D eigenvalue weighted by atomic mass is 127. The van der Waals surface area contributed by atoms with E-state index in [1.165, 1.54) is 6.07 Å². The van der Waals surface area contributed by atoms with Crippen molar-refractivity contribution < 1.29 is 13.9 Å². The van der Waals surface area contributed by atoms with Gasteiger partial charge in [-0.2, -0.15) is 0 Å². The van der Waals surface area contributed by atoms with Crippen molar-refractivity contribution in [2.24, 2.45) is 18.0 Å². The van der Waals surface area contributed by atoms with Gasteiger partial charge in [-0.25, -0.2) is 9.38 Å². The lowest BCUT2D eigenvalue weighted by Gasteiger charge is -2.33. The third-order valence-electron chi connectivity index (χ3n) is 4.47. The van der Waals surface area contributed by atoms with E-state index in [2.05, 4.69) is 10.1 Å². The number of aromatic amines is 1. The molecule has 1 fully saturated rings. The number of rotatable bonds is 1. The number of benzene rings is 1. The summed E-state index contributed by atoms with van der Waals surface area (Å²) in [7, 11) is 1.70. The number of carbonyl (C=O) groups excluding carboxylic acids is 1. The Morgan fingerprint density at radius 1 is 1.33 bits per heavy atom. The van der Waals surface area contributed by atoms with Gasteiger partial charge in [-0.15, -0.1) is 0 Å². The number of ketones is 1. The molecule has 0 saturated carbocycles. The van der Waals surface area contributed by atoms with Crippen LogP contribution in [0.5, 0.6) is 0 Å². The molecule has 2 aromatic rings. The van der Waals surface area contributed by atoms with Crippen LogP contribution in [0.25, 0.3) is 0 Å². The van der Waals surface area contributed by atoms with E-state index in [1.807, 2.05) is 22.6 Å². The predicted octanol–water partition coefficient (Wildman–Crippen LogP) is 1.89. The van der Waals surface area contributed by atoms with Crippen LogP contribution in [0.2, 0.25) is 0 Å². The average Bonchev–Trinajstić information content (AvgIpc) is 2.83. The minimum atomic E-state index is -0.545. The van der Waals surface area contributed by atoms with Crippen molar-refractivity contribution in [3.05, 3.63) is 49.1 Å². The Balaban J connectivity index is 1.98. The topological polar surface area (TPSA) is 76.4 Å². The fraction of sp³-hybridized carbons (Fsp3) is 0.312. The number of fused-ring (bicyclic) bond motifs is 2. The molecule has 6 nitrogen and oxygen atoms in total. The maximum absolute atomic E-state index is 13.7. The van der Waals surface area contributed by atoms with Gasteiger partial charge in [0.2, 0.25) is 0 Å². The molecule has 124 valence electrons. The lowest BCUT2D eigenvalue weighted by atomic mass is 9.74. The minimum absolute atomic E-state index is 0.00144. The van der Waals surface area contributed by atoms with Crippen molar-refractivity contribution in [3.63, 3.8) is 0 Å². The summed E-state index contributed by atoms with van der Waals surface area (Å²) < 4.78 is 21.0. The number of hydrogen-bond donors (Lipinski definition) is 1. The van der Waals surface area contributed by atoms with Gasteiger partial charge in [0.05, 0.1) is 23.8 Å². The van der Waals surface area contributed by atoms with Gasteiger partial charge < -0.3 is 4.74 Å². The standard InChI is InChI=1S/C16H13FIN3O3/c1-21-15-14(16(23)20-21)12(7-2-3-8(17)9(18)4-7)13-10(19-15)5-24-6-11(13)22/h2-4,12-13H,5-6H2,1H3,(H,20,23). The van der Waals surface area contributed by atoms with Crippen molar-refractivity contribution in [2.75, 3.05) is 13.2 Å². The SMILES string of the molecule is Cn1[nH]c(=O)c2c1N=C1COCC(=O)C1C2c1ccc(F)c(I)c1. The Labute approximate surface area is 149 Å². The van der Waals surface area contributed by atoms with E-state index in [1.54, 1.807) is 23.9 Å². The number of hydrogen-bond acceptors (Lipinski definition) is 4. The van der Waals surface area contributed by atoms with E-state index in [4.69, 9.17) is 4.74 Å². The van der Waals surface area contributed by atoms with E-state index in [9.17, 15) is 14.0 Å². The van der Waals surface area contributed by atoms with Gasteiger partial charge in [0.15, 0.2) is 11.6 Å². The number of H-pyrrole nitrogens is 1. The minimum Gasteiger partial charge on any atom is -0.368 e. The highest BCUT2D eigenvalue weighted by Crippen LogP contribution is 2.42. The van der Waals surface area contributed by atoms with Gasteiger partial charge in [0, 0.05) is 16.5 Å². The molecule has 1 saturated heterocycles. The summed E-state index contributed by atoms with van der Waals surface area (Å²) in [6.45, 7) is 0.253. The third-order valence-corrected chi connectivity index (χ3v) is 5.30. The van der Waals surface area contributed by atoms with Gasteiger partial charge in [0.1, 0.15) is 12.4 Å². The fourth-order valence-corrected chi connectivity index (χ4v) is 3.97. The normalized spacial score (nSPS) is 22.8. The molecule has 0 bridgehead atoms. The molecule has 2 aliphatic heterocycles. The fourth-order valence-electron chi connectivity index (χ4n) is 3.43. The average molecular weight is 441 g/mol. The second-order valence-corrected chi connectivity index (χ2v) is 7.09. The van der Waals surface area contributed by atoms with E-state index in [0.29, 0.717) is 20.7 Å². The van der Waals surface area contributed by atoms with E-state index >= 15 is 0 Å². The smallest absolute Gasteiger partial charge is 0.270 e. The Kier molecular flexibility index (Phi) is 3.68. The molecule has 1 aromatic heterocycles. The molecular weight excluding hydrogens is 428 g/mol. The predicted molar refractivity (Wildman–Crippen MR) is 93.4 cm³/mol. The van der Waals surface area contributed by atoms with E-state index in [-0.39, 0.29) is 30.4 Å². The zero-order valence-electron chi connectivity index (χ0n) is 12.7. The quantitative estimate of drug-likeness (QED) is 0.687. The number of halogens is 2. The first-order valence-electron chi connectivity index (χ1n) is 7.39. The number of aromatic nitrogens is 2. The van der Waals surface area contributed by atoms with Gasteiger partial charge in [-0.1, -0.05) is 6.07 Å². The van der Waals surface area contributed by atoms with Gasteiger partial charge in [-0.3, -0.25) is 19.4 Å². The number of nitrogens with one attached hydrogen (secondary N) is 1. The molecule has 2 aliphatic rings. The summed E-state index contributed by atoms with van der Waals surface area (Å²) in [5.74, 6) is -0.976. The highest BCUT2D eigenvalue weighted by molar-refractivity contribution is 14.1. The first kappa shape index (κ1) is 15.7. The van der Waals surface area contributed by atoms with Crippen LogP contribution in [-0.2, 0) is 16.6 Å². The summed E-state index contributed by atoms with van der Waals surface area (Å²) in [6.07, 6.45) is 0. The number of aryl methyl sites for hydroxylation is 1. The second-order valence-electron chi connectivity index (χ2n) is 5.93. The van der Waals surface area contributed by atoms with Crippen LogP contribution in [-0.4, -0.2) is 34.5 Å². The van der Waals surface area contributed by atoms with Crippen LogP contribution < -0.4 is 5.56 Å². The molecule has 2 atom stereocenters. The first-order chi connectivity index (χ1) is 11.5. The van der Waals surface area contributed by atoms with Gasteiger partial charge >= 0.3 is 0 Å². The molecule has 0 spiro atoms. The van der Waals surface area contributed by atoms with Crippen LogP contribution in [0, 0.1) is 15.3 Å². The van der Waals surface area contributed by atoms with Crippen LogP contribution in [0.4, 0.5) is 10.2 Å². The maximum atomic E-state index is 13.7. The monoisotopic (exact) mass is 441 g/mol. The Bertz CT molecular complexity index is 947. The van der Waals surface area contributed by atoms with Crippen LogP contribution in [0.1, 0.15) is 17.0 Å². The van der Waals surface area contributed by atoms with Crippen molar-refractivity contribution >= 4 is 39.9 Å². The molecule has 8 heteroatoms. The Morgan fingerprint density at radius 3 is 2.88 bits per heavy atom. The van der Waals surface area contributed by atoms with Crippen LogP contribution in [0.3, 0.4) is 0 Å². The molecule has 0 radical (unpaired) electrons. The zero-order valence-corrected chi connectivity index (χ0v) is 14.8. The molecule has 4 rings (SSSR count). The number of Topliss-reactive ketones (excluding diaryl/α,β-unsaturated/α-hetero) is 1. The zero-order chi connectivity index (χ0) is 17.0. The summed E-state index contributed by atoms with van der Waals surface area (Å²) in [5, 5.41) is 2.69. The van der Waals surface area contributed by atoms with Crippen molar-refractivity contribution in [3.8, 4) is 0 Å². The van der Waals surface area contributed by atoms with Crippen molar-refractivity contribution in [2.45, 2.75) is 5.92 Å². The summed E-state index contributed by atoms with van der Waals surface area (Å²) >= 11 is 1.91. The largest absolute Gasteiger partial charge is 0.368 e. The number of aliphatic imine (C=N–C) groups is 1. The second kappa shape index (κ2) is 5.62. The van der Waals surface area contributed by atoms with Crippen LogP contribution in [0.15, 0.2) is 28.0 Å². The molecule has 0 aliphatic carbocycles. The van der Waals surface area contributed by atoms with E-state index in [0.717, 1.165) is 5.56 Å². The summed E-state index contributed by atoms with van der Waals surface area (Å²) in [4.78, 5) is 29.4. The van der Waals surface area contributed by atoms with E-state index < -0.39 is 11.8 Å².